The predicted molar refractivity (Wildman–Crippen MR) is 127 cm³/mol. The van der Waals surface area contributed by atoms with E-state index in [1.54, 1.807) is 6.92 Å². The lowest BCUT2D eigenvalue weighted by atomic mass is 9.63. The summed E-state index contributed by atoms with van der Waals surface area (Å²) in [5.41, 5.74) is 31.3. The third-order valence-electron chi connectivity index (χ3n) is 7.89. The van der Waals surface area contributed by atoms with Gasteiger partial charge in [0.25, 0.3) is 0 Å². The first-order valence-corrected chi connectivity index (χ1v) is 12.6. The molecule has 3 aliphatic rings. The van der Waals surface area contributed by atoms with Gasteiger partial charge in [0.15, 0.2) is 0 Å². The van der Waals surface area contributed by atoms with E-state index in [1.165, 1.54) is 0 Å². The Labute approximate surface area is 211 Å². The molecule has 0 aromatic carbocycles. The van der Waals surface area contributed by atoms with E-state index >= 15 is 0 Å². The maximum Gasteiger partial charge on any atom is 0.112 e. The fourth-order valence-corrected chi connectivity index (χ4v) is 6.01. The summed E-state index contributed by atoms with van der Waals surface area (Å²) >= 11 is 0. The first kappa shape index (κ1) is 30.0. The van der Waals surface area contributed by atoms with E-state index in [1.807, 2.05) is 0 Å². The zero-order chi connectivity index (χ0) is 26.7. The minimum atomic E-state index is -1.33. The molecule has 15 atom stereocenters. The highest BCUT2D eigenvalue weighted by Gasteiger charge is 2.58. The highest BCUT2D eigenvalue weighted by molar-refractivity contribution is 5.10. The van der Waals surface area contributed by atoms with E-state index in [9.17, 15) is 25.5 Å². The molecule has 0 bridgehead atoms. The van der Waals surface area contributed by atoms with Crippen molar-refractivity contribution in [3.05, 3.63) is 0 Å². The molecule has 0 aromatic rings. The first-order chi connectivity index (χ1) is 17.1. The third kappa shape index (κ3) is 5.87. The van der Waals surface area contributed by atoms with Crippen molar-refractivity contribution in [3.8, 4) is 0 Å². The van der Waals surface area contributed by atoms with Crippen LogP contribution in [-0.2, 0) is 18.9 Å². The Hall–Kier alpha value is -0.560. The van der Waals surface area contributed by atoms with Crippen LogP contribution in [0, 0.1) is 11.8 Å². The molecule has 14 nitrogen and oxygen atoms in total. The molecule has 1 saturated carbocycles. The molecule has 2 aliphatic heterocycles. The summed E-state index contributed by atoms with van der Waals surface area (Å²) in [6.45, 7) is 1.09. The highest BCUT2D eigenvalue weighted by Crippen LogP contribution is 2.43. The van der Waals surface area contributed by atoms with E-state index in [4.69, 9.17) is 47.6 Å². The van der Waals surface area contributed by atoms with Crippen molar-refractivity contribution < 1.29 is 44.5 Å². The zero-order valence-corrected chi connectivity index (χ0v) is 20.7. The van der Waals surface area contributed by atoms with Crippen molar-refractivity contribution in [2.45, 2.75) is 92.4 Å². The quantitative estimate of drug-likeness (QED) is 0.135. The van der Waals surface area contributed by atoms with Gasteiger partial charge < -0.3 is 73.1 Å². The Morgan fingerprint density at radius 3 is 1.94 bits per heavy atom. The van der Waals surface area contributed by atoms with E-state index in [2.05, 4.69) is 0 Å². The largest absolute Gasteiger partial charge is 0.394 e. The predicted octanol–water partition coefficient (Wildman–Crippen LogP) is -5.72. The van der Waals surface area contributed by atoms with Crippen LogP contribution in [0.2, 0.25) is 0 Å². The molecular weight excluding hydrogens is 478 g/mol. The van der Waals surface area contributed by atoms with Gasteiger partial charge in [-0.3, -0.25) is 0 Å². The van der Waals surface area contributed by atoms with Crippen molar-refractivity contribution in [2.24, 2.45) is 40.5 Å². The van der Waals surface area contributed by atoms with Gasteiger partial charge in [0.1, 0.15) is 24.4 Å². The standard InChI is InChI=1S/C22H45N5O9/c1-8-14(26)21(33-4-2-28)22(34-5-3-29)20(35-8)13-12(9(24)6-10(25)16(13)30)19-15(27)18(32)17(31)11(7-23)36-19/h8-22,28-32H,2-7,23-27H2,1H3/t8-,9+,10-,11-,12-,13+,14-,15-,16+,17-,18-,19-,20+,21+,22+/m1/s1. The fourth-order valence-electron chi connectivity index (χ4n) is 6.01. The summed E-state index contributed by atoms with van der Waals surface area (Å²) in [5, 5.41) is 51.2. The van der Waals surface area contributed by atoms with Crippen molar-refractivity contribution in [2.75, 3.05) is 33.0 Å². The summed E-state index contributed by atoms with van der Waals surface area (Å²) < 4.78 is 24.2. The minimum absolute atomic E-state index is 0.00859. The van der Waals surface area contributed by atoms with Gasteiger partial charge in [-0.2, -0.15) is 0 Å². The number of ether oxygens (including phenoxy) is 4. The van der Waals surface area contributed by atoms with Crippen molar-refractivity contribution >= 4 is 0 Å². The van der Waals surface area contributed by atoms with Crippen LogP contribution in [0.3, 0.4) is 0 Å². The maximum absolute atomic E-state index is 11.4. The molecule has 1 aliphatic carbocycles. The monoisotopic (exact) mass is 523 g/mol. The Morgan fingerprint density at radius 1 is 0.750 bits per heavy atom. The summed E-state index contributed by atoms with van der Waals surface area (Å²) in [5.74, 6) is -1.49. The summed E-state index contributed by atoms with van der Waals surface area (Å²) in [6.07, 6.45) is -8.32. The third-order valence-corrected chi connectivity index (χ3v) is 7.89. The van der Waals surface area contributed by atoms with Gasteiger partial charge in [-0.25, -0.2) is 0 Å². The Morgan fingerprint density at radius 2 is 1.36 bits per heavy atom. The Bertz CT molecular complexity index is 682. The molecule has 0 radical (unpaired) electrons. The molecule has 36 heavy (non-hydrogen) atoms. The molecule has 2 heterocycles. The van der Waals surface area contributed by atoms with E-state index in [0.29, 0.717) is 0 Å². The molecule has 0 amide bonds. The lowest BCUT2D eigenvalue weighted by molar-refractivity contribution is -0.258. The van der Waals surface area contributed by atoms with Crippen LogP contribution in [0.5, 0.6) is 0 Å². The Kier molecular flexibility index (Phi) is 10.8. The molecule has 212 valence electrons. The molecule has 3 fully saturated rings. The van der Waals surface area contributed by atoms with Gasteiger partial charge in [0.2, 0.25) is 0 Å². The SMILES string of the molecule is C[C@H]1O[C@@H]([C@@H]2[C@@H](O)[C@H](N)C[C@H](N)[C@H]2[C@H]2O[C@H](CN)[C@@H](O)[C@H](O)[C@H]2N)[C@H](OCCO)[C@@H](OCCO)[C@@H]1N. The number of hydrogen-bond acceptors (Lipinski definition) is 14. The van der Waals surface area contributed by atoms with Gasteiger partial charge in [-0.1, -0.05) is 0 Å². The van der Waals surface area contributed by atoms with Crippen LogP contribution >= 0.6 is 0 Å². The average molecular weight is 524 g/mol. The molecule has 3 rings (SSSR count). The second kappa shape index (κ2) is 13.0. The van der Waals surface area contributed by atoms with Gasteiger partial charge in [0.05, 0.1) is 69.0 Å². The van der Waals surface area contributed by atoms with E-state index in [-0.39, 0.29) is 39.4 Å². The molecule has 0 spiro atoms. The van der Waals surface area contributed by atoms with Crippen LogP contribution in [0.25, 0.3) is 0 Å². The molecule has 0 unspecified atom stereocenters. The first-order valence-electron chi connectivity index (χ1n) is 12.6. The summed E-state index contributed by atoms with van der Waals surface area (Å²) in [6, 6.07) is -2.99. The highest BCUT2D eigenvalue weighted by atomic mass is 16.6. The lowest BCUT2D eigenvalue weighted by Gasteiger charge is -2.56. The minimum Gasteiger partial charge on any atom is -0.394 e. The molecule has 2 saturated heterocycles. The van der Waals surface area contributed by atoms with E-state index < -0.39 is 90.9 Å². The normalized spacial score (nSPS) is 50.2. The van der Waals surface area contributed by atoms with E-state index in [0.717, 1.165) is 0 Å². The number of nitrogens with two attached hydrogens (primary N) is 5. The summed E-state index contributed by atoms with van der Waals surface area (Å²) in [7, 11) is 0. The van der Waals surface area contributed by atoms with Gasteiger partial charge >= 0.3 is 0 Å². The number of hydrogen-bond donors (Lipinski definition) is 10. The van der Waals surface area contributed by atoms with Crippen molar-refractivity contribution in [3.63, 3.8) is 0 Å². The van der Waals surface area contributed by atoms with Gasteiger partial charge in [-0.05, 0) is 13.3 Å². The zero-order valence-electron chi connectivity index (χ0n) is 20.7. The fraction of sp³-hybridized carbons (Fsp3) is 1.00. The second-order valence-electron chi connectivity index (χ2n) is 10.1. The van der Waals surface area contributed by atoms with Crippen LogP contribution in [-0.4, -0.2) is 138 Å². The van der Waals surface area contributed by atoms with Gasteiger partial charge in [0, 0.05) is 30.5 Å². The van der Waals surface area contributed by atoms with Crippen molar-refractivity contribution in [1.82, 2.24) is 0 Å². The van der Waals surface area contributed by atoms with Crippen LogP contribution in [0.15, 0.2) is 0 Å². The lowest BCUT2D eigenvalue weighted by Crippen LogP contribution is -2.73. The summed E-state index contributed by atoms with van der Waals surface area (Å²) in [4.78, 5) is 0. The van der Waals surface area contributed by atoms with Crippen LogP contribution < -0.4 is 28.7 Å². The average Bonchev–Trinajstić information content (AvgIpc) is 2.85. The van der Waals surface area contributed by atoms with Gasteiger partial charge in [-0.15, -0.1) is 0 Å². The van der Waals surface area contributed by atoms with Crippen LogP contribution in [0.1, 0.15) is 13.3 Å². The van der Waals surface area contributed by atoms with Crippen LogP contribution in [0.4, 0.5) is 0 Å². The molecule has 0 aromatic heterocycles. The smallest absolute Gasteiger partial charge is 0.112 e. The topological polar surface area (TPSA) is 268 Å². The maximum atomic E-state index is 11.4. The Balaban J connectivity index is 2.03. The number of aliphatic hydroxyl groups is 5. The van der Waals surface area contributed by atoms with Crippen molar-refractivity contribution in [1.29, 1.82) is 0 Å². The number of rotatable bonds is 9. The number of aliphatic hydroxyl groups excluding tert-OH is 5. The molecule has 15 N–H and O–H groups in total. The second-order valence-corrected chi connectivity index (χ2v) is 10.1. The molecule has 14 heteroatoms. The molecular formula is C22H45N5O9.